The molecule has 1 saturated carbocycles. The molecule has 0 unspecified atom stereocenters. The first kappa shape index (κ1) is 20.9. The van der Waals surface area contributed by atoms with Gasteiger partial charge in [0.1, 0.15) is 5.75 Å². The summed E-state index contributed by atoms with van der Waals surface area (Å²) in [7, 11) is 0. The summed E-state index contributed by atoms with van der Waals surface area (Å²) in [6.07, 6.45) is 2.06. The van der Waals surface area contributed by atoms with Crippen molar-refractivity contribution >= 4 is 11.8 Å². The third-order valence-corrected chi connectivity index (χ3v) is 5.13. The van der Waals surface area contributed by atoms with Crippen LogP contribution in [0.1, 0.15) is 61.0 Å². The molecule has 1 N–H and O–H groups in total. The van der Waals surface area contributed by atoms with Crippen LogP contribution in [0.25, 0.3) is 0 Å². The number of nitrogens with zero attached hydrogens (tertiary/aromatic N) is 1. The highest BCUT2D eigenvalue weighted by atomic mass is 16.5. The zero-order valence-corrected chi connectivity index (χ0v) is 17.5. The van der Waals surface area contributed by atoms with E-state index in [9.17, 15) is 9.59 Å². The molecule has 0 spiro atoms. The first-order valence-electron chi connectivity index (χ1n) is 10.4. The van der Waals surface area contributed by atoms with Crippen LogP contribution in [0.15, 0.2) is 48.5 Å². The van der Waals surface area contributed by atoms with Gasteiger partial charge >= 0.3 is 0 Å². The summed E-state index contributed by atoms with van der Waals surface area (Å²) < 4.78 is 5.39. The number of carbonyl (C=O) groups is 2. The van der Waals surface area contributed by atoms with E-state index in [1.807, 2.05) is 11.8 Å². The van der Waals surface area contributed by atoms with Gasteiger partial charge in [0.15, 0.2) is 0 Å². The monoisotopic (exact) mass is 394 g/mol. The number of rotatable bonds is 9. The quantitative estimate of drug-likeness (QED) is 0.696. The number of carbonyl (C=O) groups excluding carboxylic acids is 2. The van der Waals surface area contributed by atoms with E-state index in [0.29, 0.717) is 24.6 Å². The van der Waals surface area contributed by atoms with Crippen molar-refractivity contribution in [1.82, 2.24) is 10.2 Å². The summed E-state index contributed by atoms with van der Waals surface area (Å²) in [6, 6.07) is 15.7. The fourth-order valence-electron chi connectivity index (χ4n) is 3.24. The third-order valence-electron chi connectivity index (χ3n) is 5.13. The summed E-state index contributed by atoms with van der Waals surface area (Å²) >= 11 is 0. The Morgan fingerprint density at radius 1 is 1.07 bits per heavy atom. The molecular formula is C24H30N2O3. The zero-order chi connectivity index (χ0) is 20.8. The van der Waals surface area contributed by atoms with E-state index >= 15 is 0 Å². The topological polar surface area (TPSA) is 58.6 Å². The lowest BCUT2D eigenvalue weighted by molar-refractivity contribution is -0.131. The fourth-order valence-corrected chi connectivity index (χ4v) is 3.24. The highest BCUT2D eigenvalue weighted by Gasteiger charge is 2.32. The first-order chi connectivity index (χ1) is 14.0. The van der Waals surface area contributed by atoms with Crippen LogP contribution < -0.4 is 10.1 Å². The summed E-state index contributed by atoms with van der Waals surface area (Å²) in [5.41, 5.74) is 2.93. The minimum Gasteiger partial charge on any atom is -0.494 e. The summed E-state index contributed by atoms with van der Waals surface area (Å²) in [4.78, 5) is 27.0. The largest absolute Gasteiger partial charge is 0.494 e. The van der Waals surface area contributed by atoms with Gasteiger partial charge < -0.3 is 15.0 Å². The Morgan fingerprint density at radius 3 is 2.28 bits per heavy atom. The smallest absolute Gasteiger partial charge is 0.251 e. The molecule has 1 aliphatic rings. The van der Waals surface area contributed by atoms with Crippen molar-refractivity contribution in [3.8, 4) is 5.75 Å². The van der Waals surface area contributed by atoms with Crippen molar-refractivity contribution in [2.75, 3.05) is 13.2 Å². The second-order valence-corrected chi connectivity index (χ2v) is 7.79. The van der Waals surface area contributed by atoms with Crippen molar-refractivity contribution in [3.63, 3.8) is 0 Å². The molecule has 5 heteroatoms. The molecule has 2 amide bonds. The lowest BCUT2D eigenvalue weighted by Crippen LogP contribution is -2.41. The van der Waals surface area contributed by atoms with Crippen molar-refractivity contribution in [1.29, 1.82) is 0 Å². The van der Waals surface area contributed by atoms with Crippen LogP contribution in [0.3, 0.4) is 0 Å². The molecule has 0 bridgehead atoms. The van der Waals surface area contributed by atoms with Gasteiger partial charge in [-0.15, -0.1) is 0 Å². The Hall–Kier alpha value is -2.82. The minimum atomic E-state index is -0.251. The second-order valence-electron chi connectivity index (χ2n) is 7.79. The van der Waals surface area contributed by atoms with E-state index in [1.54, 1.807) is 24.3 Å². The molecule has 29 heavy (non-hydrogen) atoms. The molecule has 154 valence electrons. The van der Waals surface area contributed by atoms with Crippen LogP contribution in [0.4, 0.5) is 0 Å². The van der Waals surface area contributed by atoms with Gasteiger partial charge in [0.25, 0.3) is 5.91 Å². The standard InChI is InChI=1S/C24H30N2O3/c1-4-29-22-13-9-20(10-14-22)24(28)25-15-23(27)26(21-11-12-21)16-18-5-7-19(8-6-18)17(2)3/h5-10,13-14,17,21H,4,11-12,15-16H2,1-3H3,(H,25,28). The van der Waals surface area contributed by atoms with Crippen molar-refractivity contribution < 1.29 is 14.3 Å². The SMILES string of the molecule is CCOc1ccc(C(=O)NCC(=O)N(Cc2ccc(C(C)C)cc2)C2CC2)cc1. The highest BCUT2D eigenvalue weighted by Crippen LogP contribution is 2.28. The Morgan fingerprint density at radius 2 is 1.72 bits per heavy atom. The first-order valence-corrected chi connectivity index (χ1v) is 10.4. The molecule has 0 aromatic heterocycles. The van der Waals surface area contributed by atoms with Crippen LogP contribution in [-0.4, -0.2) is 35.9 Å². The average molecular weight is 395 g/mol. The highest BCUT2D eigenvalue weighted by molar-refractivity contribution is 5.96. The Balaban J connectivity index is 1.56. The van der Waals surface area contributed by atoms with Gasteiger partial charge in [0.05, 0.1) is 13.2 Å². The van der Waals surface area contributed by atoms with E-state index in [0.717, 1.165) is 24.2 Å². The number of hydrogen-bond donors (Lipinski definition) is 1. The Labute approximate surface area is 173 Å². The molecule has 5 nitrogen and oxygen atoms in total. The second kappa shape index (κ2) is 9.59. The third kappa shape index (κ3) is 5.83. The number of nitrogens with one attached hydrogen (secondary N) is 1. The molecule has 0 atom stereocenters. The maximum absolute atomic E-state index is 12.8. The normalized spacial score (nSPS) is 13.2. The van der Waals surface area contributed by atoms with E-state index in [-0.39, 0.29) is 24.4 Å². The molecule has 0 saturated heterocycles. The lowest BCUT2D eigenvalue weighted by Gasteiger charge is -2.23. The molecule has 1 fully saturated rings. The Bertz CT molecular complexity index is 824. The van der Waals surface area contributed by atoms with Crippen LogP contribution in [0, 0.1) is 0 Å². The average Bonchev–Trinajstić information content (AvgIpc) is 3.56. The maximum Gasteiger partial charge on any atom is 0.251 e. The molecular weight excluding hydrogens is 364 g/mol. The lowest BCUT2D eigenvalue weighted by atomic mass is 10.0. The van der Waals surface area contributed by atoms with Gasteiger partial charge in [0, 0.05) is 18.2 Å². The maximum atomic E-state index is 12.8. The fraction of sp³-hybridized carbons (Fsp3) is 0.417. The molecule has 1 aliphatic carbocycles. The summed E-state index contributed by atoms with van der Waals surface area (Å²) in [5, 5.41) is 2.75. The van der Waals surface area contributed by atoms with E-state index in [1.165, 1.54) is 5.56 Å². The van der Waals surface area contributed by atoms with Crippen molar-refractivity contribution in [2.45, 2.75) is 52.1 Å². The zero-order valence-electron chi connectivity index (χ0n) is 17.5. The Kier molecular flexibility index (Phi) is 6.91. The minimum absolute atomic E-state index is 0.00657. The predicted octanol–water partition coefficient (Wildman–Crippen LogP) is 4.13. The van der Waals surface area contributed by atoms with Gasteiger partial charge in [0.2, 0.25) is 5.91 Å². The van der Waals surface area contributed by atoms with Crippen molar-refractivity contribution in [3.05, 3.63) is 65.2 Å². The molecule has 2 aromatic carbocycles. The molecule has 0 heterocycles. The number of hydrogen-bond acceptors (Lipinski definition) is 3. The van der Waals surface area contributed by atoms with Gasteiger partial charge in [-0.3, -0.25) is 9.59 Å². The summed E-state index contributed by atoms with van der Waals surface area (Å²) in [6.45, 7) is 7.42. The number of ether oxygens (including phenoxy) is 1. The van der Waals surface area contributed by atoms with Gasteiger partial charge in [-0.2, -0.15) is 0 Å². The number of benzene rings is 2. The van der Waals surface area contributed by atoms with Crippen molar-refractivity contribution in [2.24, 2.45) is 0 Å². The van der Waals surface area contributed by atoms with Gasteiger partial charge in [-0.05, 0) is 61.1 Å². The van der Waals surface area contributed by atoms with Gasteiger partial charge in [-0.25, -0.2) is 0 Å². The summed E-state index contributed by atoms with van der Waals surface area (Å²) in [5.74, 6) is 0.921. The molecule has 0 aliphatic heterocycles. The predicted molar refractivity (Wildman–Crippen MR) is 114 cm³/mol. The molecule has 0 radical (unpaired) electrons. The van der Waals surface area contributed by atoms with Crippen LogP contribution in [0.5, 0.6) is 5.75 Å². The van der Waals surface area contributed by atoms with Crippen LogP contribution in [0.2, 0.25) is 0 Å². The van der Waals surface area contributed by atoms with Crippen LogP contribution in [-0.2, 0) is 11.3 Å². The van der Waals surface area contributed by atoms with E-state index in [4.69, 9.17) is 4.74 Å². The van der Waals surface area contributed by atoms with E-state index < -0.39 is 0 Å². The number of amides is 2. The van der Waals surface area contributed by atoms with Gasteiger partial charge in [-0.1, -0.05) is 38.1 Å². The molecule has 3 rings (SSSR count). The van der Waals surface area contributed by atoms with E-state index in [2.05, 4.69) is 43.4 Å². The van der Waals surface area contributed by atoms with Crippen LogP contribution >= 0.6 is 0 Å². The molecule has 2 aromatic rings.